The molecule has 0 amide bonds. The molecule has 3 aromatic rings. The third-order valence-corrected chi connectivity index (χ3v) is 3.31. The molecule has 0 radical (unpaired) electrons. The number of nitrogens with one attached hydrogen (secondary N) is 1. The lowest BCUT2D eigenvalue weighted by Crippen LogP contribution is -2.19. The summed E-state index contributed by atoms with van der Waals surface area (Å²) in [6.45, 7) is 4.08. The van der Waals surface area contributed by atoms with Crippen LogP contribution in [0, 0.1) is 12.7 Å². The van der Waals surface area contributed by atoms with Crippen molar-refractivity contribution in [1.82, 2.24) is 14.6 Å². The highest BCUT2D eigenvalue weighted by atomic mass is 19.1. The van der Waals surface area contributed by atoms with Crippen molar-refractivity contribution in [2.75, 3.05) is 5.32 Å². The third-order valence-electron chi connectivity index (χ3n) is 3.31. The van der Waals surface area contributed by atoms with Crippen molar-refractivity contribution >= 4 is 11.6 Å². The first-order chi connectivity index (χ1) is 10.1. The molecule has 0 aliphatic heterocycles. The molecule has 3 rings (SSSR count). The van der Waals surface area contributed by atoms with E-state index >= 15 is 0 Å². The van der Waals surface area contributed by atoms with E-state index in [1.807, 2.05) is 25.3 Å². The van der Waals surface area contributed by atoms with Crippen molar-refractivity contribution in [2.45, 2.75) is 26.3 Å². The molecule has 0 fully saturated rings. The average Bonchev–Trinajstić information content (AvgIpc) is 2.82. The smallest absolute Gasteiger partial charge is 0.243 e. The van der Waals surface area contributed by atoms with Gasteiger partial charge in [0.2, 0.25) is 5.95 Å². The lowest BCUT2D eigenvalue weighted by atomic mass is 10.1. The van der Waals surface area contributed by atoms with E-state index in [-0.39, 0.29) is 11.9 Å². The SMILES string of the molecule is Cc1ccc2nc(NC(C)Cc3ccc(F)cc3)nn2c1. The number of nitrogens with zero attached hydrogens (tertiary/aromatic N) is 3. The Bertz CT molecular complexity index is 749. The Morgan fingerprint density at radius 1 is 1.19 bits per heavy atom. The van der Waals surface area contributed by atoms with Gasteiger partial charge in [0.15, 0.2) is 5.65 Å². The molecule has 1 atom stereocenters. The van der Waals surface area contributed by atoms with Crippen molar-refractivity contribution in [1.29, 1.82) is 0 Å². The van der Waals surface area contributed by atoms with Crippen LogP contribution >= 0.6 is 0 Å². The first kappa shape index (κ1) is 13.5. The minimum atomic E-state index is -0.211. The molecule has 0 saturated heterocycles. The molecular weight excluding hydrogens is 267 g/mol. The fourth-order valence-electron chi connectivity index (χ4n) is 2.29. The van der Waals surface area contributed by atoms with Crippen LogP contribution in [0.25, 0.3) is 5.65 Å². The van der Waals surface area contributed by atoms with Gasteiger partial charge < -0.3 is 5.32 Å². The molecule has 21 heavy (non-hydrogen) atoms. The second-order valence-corrected chi connectivity index (χ2v) is 5.32. The van der Waals surface area contributed by atoms with Gasteiger partial charge >= 0.3 is 0 Å². The molecule has 1 unspecified atom stereocenters. The predicted octanol–water partition coefficient (Wildman–Crippen LogP) is 3.22. The molecular formula is C16H17FN4. The van der Waals surface area contributed by atoms with E-state index in [4.69, 9.17) is 0 Å². The van der Waals surface area contributed by atoms with Crippen molar-refractivity contribution in [3.8, 4) is 0 Å². The quantitative estimate of drug-likeness (QED) is 0.800. The highest BCUT2D eigenvalue weighted by Crippen LogP contribution is 2.11. The van der Waals surface area contributed by atoms with Crippen LogP contribution in [-0.4, -0.2) is 20.6 Å². The highest BCUT2D eigenvalue weighted by molar-refractivity contribution is 5.44. The zero-order valence-electron chi connectivity index (χ0n) is 12.0. The van der Waals surface area contributed by atoms with Crippen LogP contribution in [0.15, 0.2) is 42.6 Å². The average molecular weight is 284 g/mol. The van der Waals surface area contributed by atoms with Crippen LogP contribution in [0.1, 0.15) is 18.1 Å². The maximum absolute atomic E-state index is 12.9. The Morgan fingerprint density at radius 3 is 2.71 bits per heavy atom. The zero-order chi connectivity index (χ0) is 14.8. The van der Waals surface area contributed by atoms with Gasteiger partial charge in [-0.3, -0.25) is 0 Å². The summed E-state index contributed by atoms with van der Waals surface area (Å²) in [6, 6.07) is 10.7. The molecule has 0 spiro atoms. The number of aromatic nitrogens is 3. The topological polar surface area (TPSA) is 42.2 Å². The van der Waals surface area contributed by atoms with E-state index in [2.05, 4.69) is 22.3 Å². The highest BCUT2D eigenvalue weighted by Gasteiger charge is 2.08. The summed E-state index contributed by atoms with van der Waals surface area (Å²) in [6.07, 6.45) is 2.73. The monoisotopic (exact) mass is 284 g/mol. The van der Waals surface area contributed by atoms with Crippen LogP contribution in [0.4, 0.5) is 10.3 Å². The van der Waals surface area contributed by atoms with E-state index < -0.39 is 0 Å². The van der Waals surface area contributed by atoms with Crippen LogP contribution in [0.2, 0.25) is 0 Å². The number of anilines is 1. The van der Waals surface area contributed by atoms with Crippen molar-refractivity contribution in [2.24, 2.45) is 0 Å². The van der Waals surface area contributed by atoms with Gasteiger partial charge in [0.1, 0.15) is 5.82 Å². The number of pyridine rings is 1. The normalized spacial score (nSPS) is 12.5. The molecule has 4 nitrogen and oxygen atoms in total. The molecule has 1 N–H and O–H groups in total. The number of halogens is 1. The number of aryl methyl sites for hydroxylation is 1. The number of rotatable bonds is 4. The van der Waals surface area contributed by atoms with Crippen LogP contribution in [0.3, 0.4) is 0 Å². The molecule has 0 aliphatic carbocycles. The van der Waals surface area contributed by atoms with Gasteiger partial charge in [-0.1, -0.05) is 18.2 Å². The molecule has 5 heteroatoms. The maximum Gasteiger partial charge on any atom is 0.243 e. The van der Waals surface area contributed by atoms with Gasteiger partial charge in [-0.25, -0.2) is 8.91 Å². The van der Waals surface area contributed by atoms with Gasteiger partial charge in [-0.2, -0.15) is 4.98 Å². The first-order valence-corrected chi connectivity index (χ1v) is 6.94. The molecule has 2 heterocycles. The number of benzene rings is 1. The number of hydrogen-bond donors (Lipinski definition) is 1. The molecule has 0 bridgehead atoms. The lowest BCUT2D eigenvalue weighted by Gasteiger charge is -2.12. The Hall–Kier alpha value is -2.43. The Balaban J connectivity index is 1.70. The molecule has 2 aromatic heterocycles. The number of fused-ring (bicyclic) bond motifs is 1. The van der Waals surface area contributed by atoms with E-state index in [1.165, 1.54) is 12.1 Å². The van der Waals surface area contributed by atoms with E-state index in [0.717, 1.165) is 23.2 Å². The standard InChI is InChI=1S/C16H17FN4/c1-11-3-8-15-19-16(20-21(15)10-11)18-12(2)9-13-4-6-14(17)7-5-13/h3-8,10,12H,9H2,1-2H3,(H,18,20). The van der Waals surface area contributed by atoms with Crippen molar-refractivity contribution < 1.29 is 4.39 Å². The van der Waals surface area contributed by atoms with Gasteiger partial charge in [-0.15, -0.1) is 5.10 Å². The van der Waals surface area contributed by atoms with E-state index in [9.17, 15) is 4.39 Å². The second kappa shape index (κ2) is 5.52. The van der Waals surface area contributed by atoms with E-state index in [1.54, 1.807) is 16.6 Å². The second-order valence-electron chi connectivity index (χ2n) is 5.32. The maximum atomic E-state index is 12.9. The zero-order valence-corrected chi connectivity index (χ0v) is 12.0. The van der Waals surface area contributed by atoms with Crippen molar-refractivity contribution in [3.05, 3.63) is 59.5 Å². The summed E-state index contributed by atoms with van der Waals surface area (Å²) >= 11 is 0. The molecule has 108 valence electrons. The Morgan fingerprint density at radius 2 is 1.95 bits per heavy atom. The largest absolute Gasteiger partial charge is 0.350 e. The van der Waals surface area contributed by atoms with Crippen molar-refractivity contribution in [3.63, 3.8) is 0 Å². The van der Waals surface area contributed by atoms with Gasteiger partial charge in [0.05, 0.1) is 0 Å². The first-order valence-electron chi connectivity index (χ1n) is 6.94. The molecule has 0 saturated carbocycles. The predicted molar refractivity (Wildman–Crippen MR) is 80.9 cm³/mol. The summed E-state index contributed by atoms with van der Waals surface area (Å²) in [5.74, 6) is 0.395. The van der Waals surface area contributed by atoms with Crippen LogP contribution < -0.4 is 5.32 Å². The molecule has 0 aliphatic rings. The Labute approximate surface area is 122 Å². The summed E-state index contributed by atoms with van der Waals surface area (Å²) < 4.78 is 14.6. The Kier molecular flexibility index (Phi) is 3.56. The van der Waals surface area contributed by atoms with Gasteiger partial charge in [-0.05, 0) is 49.6 Å². The molecule has 1 aromatic carbocycles. The third kappa shape index (κ3) is 3.18. The van der Waals surface area contributed by atoms with E-state index in [0.29, 0.717) is 5.95 Å². The minimum Gasteiger partial charge on any atom is -0.350 e. The fourth-order valence-corrected chi connectivity index (χ4v) is 2.29. The summed E-state index contributed by atoms with van der Waals surface area (Å²) in [5, 5.41) is 7.68. The summed E-state index contributed by atoms with van der Waals surface area (Å²) in [7, 11) is 0. The minimum absolute atomic E-state index is 0.161. The summed E-state index contributed by atoms with van der Waals surface area (Å²) in [5.41, 5.74) is 3.03. The summed E-state index contributed by atoms with van der Waals surface area (Å²) in [4.78, 5) is 4.43. The number of hydrogen-bond acceptors (Lipinski definition) is 3. The van der Waals surface area contributed by atoms with Crippen LogP contribution in [0.5, 0.6) is 0 Å². The van der Waals surface area contributed by atoms with Crippen LogP contribution in [-0.2, 0) is 6.42 Å². The van der Waals surface area contributed by atoms with Gasteiger partial charge in [0, 0.05) is 12.2 Å². The fraction of sp³-hybridized carbons (Fsp3) is 0.250. The van der Waals surface area contributed by atoms with Gasteiger partial charge in [0.25, 0.3) is 0 Å². The lowest BCUT2D eigenvalue weighted by molar-refractivity contribution is 0.626.